The lowest BCUT2D eigenvalue weighted by atomic mass is 9.91. The summed E-state index contributed by atoms with van der Waals surface area (Å²) in [6.45, 7) is 14.8. The Bertz CT molecular complexity index is 701. The van der Waals surface area contributed by atoms with E-state index in [0.717, 1.165) is 25.3 Å². The van der Waals surface area contributed by atoms with Crippen molar-refractivity contribution in [3.8, 4) is 0 Å². The summed E-state index contributed by atoms with van der Waals surface area (Å²) < 4.78 is 11.2. The number of rotatable bonds is 42. The molecule has 0 spiro atoms. The van der Waals surface area contributed by atoms with Crippen molar-refractivity contribution in [2.75, 3.05) is 33.4 Å². The minimum atomic E-state index is 0.0321. The van der Waals surface area contributed by atoms with Crippen molar-refractivity contribution in [1.29, 1.82) is 0 Å². The van der Waals surface area contributed by atoms with Crippen molar-refractivity contribution >= 4 is 11.9 Å². The van der Waals surface area contributed by atoms with Crippen LogP contribution in [0.1, 0.15) is 247 Å². The normalized spacial score (nSPS) is 11.8. The molecule has 5 nitrogen and oxygen atoms in total. The summed E-state index contributed by atoms with van der Waals surface area (Å²) in [6.07, 6.45) is 40.4. The highest BCUT2D eigenvalue weighted by Crippen LogP contribution is 2.24. The molecule has 316 valence electrons. The molecule has 0 aliphatic rings. The summed E-state index contributed by atoms with van der Waals surface area (Å²) in [5.74, 6) is 1.99. The molecule has 0 fully saturated rings. The summed E-state index contributed by atoms with van der Waals surface area (Å²) >= 11 is 0. The molecule has 0 radical (unpaired) electrons. The molecule has 0 N–H and O–H groups in total. The third-order valence-electron chi connectivity index (χ3n) is 11.8. The zero-order chi connectivity index (χ0) is 39.0. The van der Waals surface area contributed by atoms with E-state index in [0.29, 0.717) is 37.9 Å². The first-order valence-electron chi connectivity index (χ1n) is 23.9. The van der Waals surface area contributed by atoms with Crippen LogP contribution in [0, 0.1) is 17.8 Å². The number of hydrogen-bond donors (Lipinski definition) is 0. The van der Waals surface area contributed by atoms with Gasteiger partial charge in [0.25, 0.3) is 0 Å². The molecule has 0 amide bonds. The molecule has 0 bridgehead atoms. The van der Waals surface area contributed by atoms with Crippen LogP contribution in [0.2, 0.25) is 0 Å². The molecule has 0 aliphatic heterocycles. The molecule has 0 unspecified atom stereocenters. The fourth-order valence-corrected chi connectivity index (χ4v) is 7.81. The lowest BCUT2D eigenvalue weighted by Crippen LogP contribution is -2.21. The van der Waals surface area contributed by atoms with Crippen LogP contribution in [-0.4, -0.2) is 50.2 Å². The predicted molar refractivity (Wildman–Crippen MR) is 231 cm³/mol. The first-order chi connectivity index (χ1) is 25.9. The molecular formula is C48H95NO4. The molecule has 0 atom stereocenters. The second-order valence-corrected chi connectivity index (χ2v) is 16.9. The molecule has 0 aromatic heterocycles. The van der Waals surface area contributed by atoms with E-state index in [1.54, 1.807) is 0 Å². The average Bonchev–Trinajstić information content (AvgIpc) is 3.16. The van der Waals surface area contributed by atoms with Gasteiger partial charge < -0.3 is 14.4 Å². The Hall–Kier alpha value is -1.10. The van der Waals surface area contributed by atoms with Gasteiger partial charge in [-0.15, -0.1) is 0 Å². The second-order valence-electron chi connectivity index (χ2n) is 16.9. The van der Waals surface area contributed by atoms with Crippen LogP contribution in [0.25, 0.3) is 0 Å². The summed E-state index contributed by atoms with van der Waals surface area (Å²) in [5.41, 5.74) is 0. The maximum absolute atomic E-state index is 12.3. The molecule has 0 aromatic carbocycles. The van der Waals surface area contributed by atoms with Crippen molar-refractivity contribution < 1.29 is 19.1 Å². The number of unbranched alkanes of at least 4 members (excludes halogenated alkanes) is 18. The number of hydrogen-bond acceptors (Lipinski definition) is 5. The maximum atomic E-state index is 12.3. The quantitative estimate of drug-likeness (QED) is 0.0459. The Morgan fingerprint density at radius 1 is 0.396 bits per heavy atom. The van der Waals surface area contributed by atoms with E-state index in [1.165, 1.54) is 193 Å². The van der Waals surface area contributed by atoms with Crippen molar-refractivity contribution in [3.05, 3.63) is 0 Å². The van der Waals surface area contributed by atoms with Gasteiger partial charge in [-0.1, -0.05) is 189 Å². The molecule has 0 aromatic rings. The Morgan fingerprint density at radius 3 is 1.02 bits per heavy atom. The number of esters is 2. The van der Waals surface area contributed by atoms with Crippen LogP contribution in [0.4, 0.5) is 0 Å². The third-order valence-corrected chi connectivity index (χ3v) is 11.8. The van der Waals surface area contributed by atoms with E-state index in [-0.39, 0.29) is 11.9 Å². The highest BCUT2D eigenvalue weighted by Gasteiger charge is 2.16. The molecule has 0 saturated heterocycles. The van der Waals surface area contributed by atoms with Crippen LogP contribution in [0.15, 0.2) is 0 Å². The molecule has 5 heteroatoms. The molecule has 0 saturated carbocycles. The number of carbonyl (C=O) groups excluding carboxylic acids is 2. The van der Waals surface area contributed by atoms with Crippen molar-refractivity contribution in [2.45, 2.75) is 247 Å². The third kappa shape index (κ3) is 36.3. The second kappa shape index (κ2) is 40.6. The van der Waals surface area contributed by atoms with E-state index in [4.69, 9.17) is 9.47 Å². The van der Waals surface area contributed by atoms with Gasteiger partial charge >= 0.3 is 11.9 Å². The van der Waals surface area contributed by atoms with Crippen molar-refractivity contribution in [2.24, 2.45) is 17.8 Å². The van der Waals surface area contributed by atoms with Gasteiger partial charge in [0.15, 0.2) is 0 Å². The summed E-state index contributed by atoms with van der Waals surface area (Å²) in [7, 11) is 2.27. The number of carbonyl (C=O) groups is 2. The fraction of sp³-hybridized carbons (Fsp3) is 0.958. The van der Waals surface area contributed by atoms with E-state index >= 15 is 0 Å². The smallest absolute Gasteiger partial charge is 0.306 e. The molecule has 0 heterocycles. The van der Waals surface area contributed by atoms with Crippen LogP contribution >= 0.6 is 0 Å². The first kappa shape index (κ1) is 51.9. The Balaban J connectivity index is 3.93. The van der Waals surface area contributed by atoms with Gasteiger partial charge in [-0.2, -0.15) is 0 Å². The zero-order valence-corrected chi connectivity index (χ0v) is 37.0. The van der Waals surface area contributed by atoms with Gasteiger partial charge in [-0.25, -0.2) is 0 Å². The van der Waals surface area contributed by atoms with E-state index < -0.39 is 0 Å². The highest BCUT2D eigenvalue weighted by molar-refractivity contribution is 5.70. The minimum Gasteiger partial charge on any atom is -0.466 e. The van der Waals surface area contributed by atoms with Gasteiger partial charge in [-0.05, 0) is 82.8 Å². The lowest BCUT2D eigenvalue weighted by molar-refractivity contribution is -0.146. The average molecular weight is 750 g/mol. The monoisotopic (exact) mass is 750 g/mol. The topological polar surface area (TPSA) is 55.8 Å². The van der Waals surface area contributed by atoms with Crippen LogP contribution in [-0.2, 0) is 19.1 Å². The number of ether oxygens (including phenoxy) is 2. The highest BCUT2D eigenvalue weighted by atomic mass is 16.5. The fourth-order valence-electron chi connectivity index (χ4n) is 7.81. The van der Waals surface area contributed by atoms with Crippen LogP contribution in [0.3, 0.4) is 0 Å². The molecule has 53 heavy (non-hydrogen) atoms. The Labute approximate surface area is 332 Å². The molecule has 0 aliphatic carbocycles. The SMILES string of the molecule is CCCCC(CCCC)CC(=O)OCCCCCCCCCCC(CCCCCCCCCCOC(=O)CC(CCCC)CCCC)CCN(C)CC. The van der Waals surface area contributed by atoms with Crippen molar-refractivity contribution in [1.82, 2.24) is 4.90 Å². The van der Waals surface area contributed by atoms with Gasteiger partial charge in [0.2, 0.25) is 0 Å². The van der Waals surface area contributed by atoms with Gasteiger partial charge in [0, 0.05) is 12.8 Å². The Kier molecular flexibility index (Phi) is 39.7. The van der Waals surface area contributed by atoms with Gasteiger partial charge in [0.05, 0.1) is 13.2 Å². The largest absolute Gasteiger partial charge is 0.466 e. The maximum Gasteiger partial charge on any atom is 0.306 e. The summed E-state index contributed by atoms with van der Waals surface area (Å²) in [6, 6.07) is 0. The van der Waals surface area contributed by atoms with Crippen molar-refractivity contribution in [3.63, 3.8) is 0 Å². The first-order valence-corrected chi connectivity index (χ1v) is 23.9. The van der Waals surface area contributed by atoms with E-state index in [1.807, 2.05) is 0 Å². The van der Waals surface area contributed by atoms with Gasteiger partial charge in [-0.3, -0.25) is 9.59 Å². The predicted octanol–water partition coefficient (Wildman–Crippen LogP) is 14.8. The Morgan fingerprint density at radius 2 is 0.698 bits per heavy atom. The van der Waals surface area contributed by atoms with Crippen LogP contribution < -0.4 is 0 Å². The zero-order valence-electron chi connectivity index (χ0n) is 37.0. The summed E-state index contributed by atoms with van der Waals surface area (Å²) in [5, 5.41) is 0. The molecular weight excluding hydrogens is 655 g/mol. The van der Waals surface area contributed by atoms with Gasteiger partial charge in [0.1, 0.15) is 0 Å². The lowest BCUT2D eigenvalue weighted by Gasteiger charge is -2.21. The number of nitrogens with zero attached hydrogens (tertiary/aromatic N) is 1. The van der Waals surface area contributed by atoms with E-state index in [2.05, 4.69) is 46.6 Å². The standard InChI is InChI=1S/C48H95NO4/c1-7-12-32-45(33-13-8-2)42-47(50)52-40-30-26-22-18-16-20-24-28-36-44(38-39-49(6)11-5)37-29-25-21-17-19-23-27-31-41-53-48(51)43-46(34-14-9-3)35-15-10-4/h44-46H,7-43H2,1-6H3. The van der Waals surface area contributed by atoms with Crippen LogP contribution in [0.5, 0.6) is 0 Å². The minimum absolute atomic E-state index is 0.0321. The summed E-state index contributed by atoms with van der Waals surface area (Å²) in [4.78, 5) is 27.1. The van der Waals surface area contributed by atoms with E-state index in [9.17, 15) is 9.59 Å². The molecule has 0 rings (SSSR count).